The maximum absolute atomic E-state index is 14.2. The number of hydrogen-bond acceptors (Lipinski definition) is 7. The summed E-state index contributed by atoms with van der Waals surface area (Å²) in [7, 11) is 0. The van der Waals surface area contributed by atoms with Crippen molar-refractivity contribution in [2.75, 3.05) is 11.5 Å². The average molecular weight is 378 g/mol. The Morgan fingerprint density at radius 3 is 2.57 bits per heavy atom. The number of fused-ring (bicyclic) bond motifs is 1. The van der Waals surface area contributed by atoms with Crippen molar-refractivity contribution in [3.05, 3.63) is 59.4 Å². The minimum Gasteiger partial charge on any atom is -0.399 e. The van der Waals surface area contributed by atoms with Crippen molar-refractivity contribution in [2.45, 2.75) is 6.54 Å². The zero-order chi connectivity index (χ0) is 19.8. The molecular weight excluding hydrogens is 366 g/mol. The van der Waals surface area contributed by atoms with Gasteiger partial charge in [-0.3, -0.25) is 4.98 Å². The van der Waals surface area contributed by atoms with Crippen LogP contribution in [0.4, 0.5) is 20.4 Å². The summed E-state index contributed by atoms with van der Waals surface area (Å²) in [6, 6.07) is 7.21. The molecule has 0 spiro atoms. The molecule has 28 heavy (non-hydrogen) atoms. The average Bonchev–Trinajstić information content (AvgIpc) is 3.06. The Kier molecular flexibility index (Phi) is 4.04. The van der Waals surface area contributed by atoms with E-state index in [0.29, 0.717) is 22.3 Å². The second kappa shape index (κ2) is 6.55. The normalized spacial score (nSPS) is 10.9. The van der Waals surface area contributed by atoms with Crippen molar-refractivity contribution in [3.63, 3.8) is 0 Å². The Balaban J connectivity index is 1.85. The van der Waals surface area contributed by atoms with Gasteiger partial charge in [-0.2, -0.15) is 15.3 Å². The number of nitriles is 1. The third-order valence-corrected chi connectivity index (χ3v) is 4.12. The molecule has 0 aliphatic rings. The van der Waals surface area contributed by atoms with E-state index in [1.54, 1.807) is 12.1 Å². The van der Waals surface area contributed by atoms with E-state index >= 15 is 0 Å². The van der Waals surface area contributed by atoms with Gasteiger partial charge in [0.05, 0.1) is 35.5 Å². The first-order chi connectivity index (χ1) is 13.5. The molecule has 1 aromatic carbocycles. The van der Waals surface area contributed by atoms with Crippen molar-refractivity contribution < 1.29 is 8.78 Å². The van der Waals surface area contributed by atoms with Gasteiger partial charge in [0.2, 0.25) is 5.95 Å². The Hall–Kier alpha value is -4.13. The highest BCUT2D eigenvalue weighted by molar-refractivity contribution is 5.90. The summed E-state index contributed by atoms with van der Waals surface area (Å²) in [5.41, 5.74) is 12.5. The van der Waals surface area contributed by atoms with Crippen LogP contribution in [0.15, 0.2) is 36.7 Å². The van der Waals surface area contributed by atoms with Gasteiger partial charge >= 0.3 is 0 Å². The van der Waals surface area contributed by atoms with Gasteiger partial charge in [-0.15, -0.1) is 0 Å². The van der Waals surface area contributed by atoms with Crippen LogP contribution in [0.3, 0.4) is 0 Å². The number of anilines is 2. The minimum atomic E-state index is -0.785. The maximum Gasteiger partial charge on any atom is 0.222 e. The molecule has 4 N–H and O–H groups in total. The largest absolute Gasteiger partial charge is 0.399 e. The molecule has 0 bridgehead atoms. The molecule has 0 fully saturated rings. The molecule has 3 aromatic heterocycles. The van der Waals surface area contributed by atoms with Gasteiger partial charge in [0.1, 0.15) is 17.3 Å². The van der Waals surface area contributed by atoms with Crippen molar-refractivity contribution in [3.8, 4) is 17.5 Å². The van der Waals surface area contributed by atoms with Crippen LogP contribution in [0.5, 0.6) is 0 Å². The Labute approximate surface area is 157 Å². The lowest BCUT2D eigenvalue weighted by molar-refractivity contribution is 0.537. The summed E-state index contributed by atoms with van der Waals surface area (Å²) in [5.74, 6) is -1.63. The van der Waals surface area contributed by atoms with Crippen LogP contribution in [0.25, 0.3) is 22.4 Å². The summed E-state index contributed by atoms with van der Waals surface area (Å²) in [4.78, 5) is 12.5. The van der Waals surface area contributed by atoms with Gasteiger partial charge in [-0.05, 0) is 24.3 Å². The van der Waals surface area contributed by atoms with E-state index in [1.807, 2.05) is 6.07 Å². The minimum absolute atomic E-state index is 0.0126. The molecular formula is C18H12F2N8. The Morgan fingerprint density at radius 2 is 1.86 bits per heavy atom. The molecule has 138 valence electrons. The van der Waals surface area contributed by atoms with E-state index in [1.165, 1.54) is 17.1 Å². The predicted octanol–water partition coefficient (Wildman–Crippen LogP) is 2.25. The quantitative estimate of drug-likeness (QED) is 0.522. The molecule has 8 nitrogen and oxygen atoms in total. The van der Waals surface area contributed by atoms with Crippen LogP contribution in [0.2, 0.25) is 0 Å². The van der Waals surface area contributed by atoms with Crippen LogP contribution < -0.4 is 11.5 Å². The summed E-state index contributed by atoms with van der Waals surface area (Å²) < 4.78 is 29.6. The first kappa shape index (κ1) is 17.3. The first-order valence-corrected chi connectivity index (χ1v) is 8.05. The van der Waals surface area contributed by atoms with E-state index in [9.17, 15) is 8.78 Å². The monoisotopic (exact) mass is 378 g/mol. The highest BCUT2D eigenvalue weighted by atomic mass is 19.1. The van der Waals surface area contributed by atoms with Gasteiger partial charge in [-0.1, -0.05) is 0 Å². The molecule has 0 aliphatic heterocycles. The second-order valence-electron chi connectivity index (χ2n) is 5.97. The third kappa shape index (κ3) is 2.95. The number of benzene rings is 1. The smallest absolute Gasteiger partial charge is 0.222 e. The highest BCUT2D eigenvalue weighted by Gasteiger charge is 2.18. The summed E-state index contributed by atoms with van der Waals surface area (Å²) in [6.45, 7) is -0.219. The summed E-state index contributed by atoms with van der Waals surface area (Å²) >= 11 is 0. The molecule has 0 saturated carbocycles. The molecule has 0 radical (unpaired) electrons. The topological polar surface area (TPSA) is 132 Å². The van der Waals surface area contributed by atoms with Gasteiger partial charge in [0, 0.05) is 17.4 Å². The van der Waals surface area contributed by atoms with Gasteiger partial charge < -0.3 is 11.5 Å². The lowest BCUT2D eigenvalue weighted by Gasteiger charge is -2.08. The zero-order valence-electron chi connectivity index (χ0n) is 14.3. The predicted molar refractivity (Wildman–Crippen MR) is 97.6 cm³/mol. The molecule has 0 amide bonds. The molecule has 10 heteroatoms. The third-order valence-electron chi connectivity index (χ3n) is 4.12. The van der Waals surface area contributed by atoms with Gasteiger partial charge in [0.25, 0.3) is 0 Å². The van der Waals surface area contributed by atoms with Gasteiger partial charge in [0.15, 0.2) is 5.65 Å². The van der Waals surface area contributed by atoms with Crippen molar-refractivity contribution >= 4 is 22.7 Å². The summed E-state index contributed by atoms with van der Waals surface area (Å²) in [6.07, 6.45) is 2.93. The van der Waals surface area contributed by atoms with E-state index in [2.05, 4.69) is 20.1 Å². The molecule has 0 unspecified atom stereocenters. The standard InChI is InChI=1S/C18H12F2N8/c19-13-4-10(22)5-14(20)12(13)8-28-17-11(7-25-28)16(26-18(23)27-17)15-3-9(6-21)1-2-24-15/h1-5,7H,8,22H2,(H2,23,26,27). The van der Waals surface area contributed by atoms with E-state index in [0.717, 1.165) is 12.1 Å². The molecule has 3 heterocycles. The van der Waals surface area contributed by atoms with E-state index in [4.69, 9.17) is 16.7 Å². The van der Waals surface area contributed by atoms with Gasteiger partial charge in [-0.25, -0.2) is 18.4 Å². The fraction of sp³-hybridized carbons (Fsp3) is 0.0556. The van der Waals surface area contributed by atoms with E-state index in [-0.39, 0.29) is 29.4 Å². The first-order valence-electron chi connectivity index (χ1n) is 8.05. The lowest BCUT2D eigenvalue weighted by atomic mass is 10.1. The molecule has 0 aliphatic carbocycles. The van der Waals surface area contributed by atoms with Crippen LogP contribution >= 0.6 is 0 Å². The number of halogens is 2. The second-order valence-corrected chi connectivity index (χ2v) is 5.97. The zero-order valence-corrected chi connectivity index (χ0v) is 14.3. The van der Waals surface area contributed by atoms with Crippen LogP contribution in [-0.4, -0.2) is 24.7 Å². The molecule has 0 saturated heterocycles. The van der Waals surface area contributed by atoms with Crippen molar-refractivity contribution in [2.24, 2.45) is 0 Å². The van der Waals surface area contributed by atoms with Crippen LogP contribution in [-0.2, 0) is 6.54 Å². The number of nitrogen functional groups attached to an aromatic ring is 2. The summed E-state index contributed by atoms with van der Waals surface area (Å²) in [5, 5.41) is 13.7. The fourth-order valence-corrected chi connectivity index (χ4v) is 2.84. The number of rotatable bonds is 3. The van der Waals surface area contributed by atoms with Crippen LogP contribution in [0.1, 0.15) is 11.1 Å². The SMILES string of the molecule is N#Cc1ccnc(-c2nc(N)nc3c2cnn3Cc2c(F)cc(N)cc2F)c1. The van der Waals surface area contributed by atoms with Crippen molar-refractivity contribution in [1.82, 2.24) is 24.7 Å². The number of pyridine rings is 1. The molecule has 4 rings (SSSR count). The van der Waals surface area contributed by atoms with Crippen LogP contribution in [0, 0.1) is 23.0 Å². The number of hydrogen-bond donors (Lipinski definition) is 2. The lowest BCUT2D eigenvalue weighted by Crippen LogP contribution is -2.09. The van der Waals surface area contributed by atoms with E-state index < -0.39 is 11.6 Å². The molecule has 0 atom stereocenters. The molecule has 4 aromatic rings. The number of nitrogens with two attached hydrogens (primary N) is 2. The Bertz CT molecular complexity index is 1240. The maximum atomic E-state index is 14.2. The highest BCUT2D eigenvalue weighted by Crippen LogP contribution is 2.27. The van der Waals surface area contributed by atoms with Crippen molar-refractivity contribution in [1.29, 1.82) is 5.26 Å². The Morgan fingerprint density at radius 1 is 1.11 bits per heavy atom. The number of aromatic nitrogens is 5. The number of nitrogens with zero attached hydrogens (tertiary/aromatic N) is 6. The fourth-order valence-electron chi connectivity index (χ4n) is 2.84.